The molecular formula is C24H28N2O5. The number of carbonyl (C=O) groups excluding carboxylic acids is 1. The summed E-state index contributed by atoms with van der Waals surface area (Å²) >= 11 is 0. The number of aliphatic hydroxyl groups is 1. The number of methoxy groups -OCH3 is 2. The summed E-state index contributed by atoms with van der Waals surface area (Å²) in [4.78, 5) is 28.7. The van der Waals surface area contributed by atoms with Crippen molar-refractivity contribution in [2.45, 2.75) is 31.5 Å². The number of aliphatic hydroxyl groups excluding tert-OH is 1. The number of esters is 1. The summed E-state index contributed by atoms with van der Waals surface area (Å²) in [5.74, 6) is 0.284. The average molecular weight is 424 g/mol. The molecule has 0 unspecified atom stereocenters. The van der Waals surface area contributed by atoms with Crippen LogP contribution in [0.5, 0.6) is 5.75 Å². The van der Waals surface area contributed by atoms with E-state index < -0.39 is 5.92 Å². The molecule has 1 aromatic carbocycles. The maximum Gasteiger partial charge on any atom is 0.311 e. The van der Waals surface area contributed by atoms with Gasteiger partial charge in [-0.3, -0.25) is 14.5 Å². The lowest BCUT2D eigenvalue weighted by Crippen LogP contribution is -2.47. The molecule has 4 atom stereocenters. The van der Waals surface area contributed by atoms with Crippen LogP contribution in [0, 0.1) is 17.8 Å². The molecule has 7 heteroatoms. The Morgan fingerprint density at radius 2 is 2.00 bits per heavy atom. The third-order valence-electron chi connectivity index (χ3n) is 7.19. The molecule has 1 N–H and O–H groups in total. The molecule has 0 amide bonds. The van der Waals surface area contributed by atoms with Crippen molar-refractivity contribution in [1.29, 1.82) is 0 Å². The maximum atomic E-state index is 13.5. The first-order chi connectivity index (χ1) is 15.1. The molecule has 2 bridgehead atoms. The minimum Gasteiger partial charge on any atom is -0.497 e. The fourth-order valence-corrected chi connectivity index (χ4v) is 5.49. The van der Waals surface area contributed by atoms with Crippen molar-refractivity contribution in [3.8, 4) is 16.9 Å². The van der Waals surface area contributed by atoms with E-state index in [0.29, 0.717) is 23.8 Å². The second kappa shape index (κ2) is 7.80. The molecule has 0 radical (unpaired) electrons. The van der Waals surface area contributed by atoms with Crippen molar-refractivity contribution in [3.63, 3.8) is 0 Å². The molecule has 3 heterocycles. The zero-order valence-electron chi connectivity index (χ0n) is 17.9. The summed E-state index contributed by atoms with van der Waals surface area (Å²) in [6.07, 6.45) is 2.40. The van der Waals surface area contributed by atoms with Gasteiger partial charge in [-0.05, 0) is 48.6 Å². The van der Waals surface area contributed by atoms with E-state index >= 15 is 0 Å². The number of fused-ring (bicyclic) bond motifs is 4. The molecule has 31 heavy (non-hydrogen) atoms. The van der Waals surface area contributed by atoms with Crippen molar-refractivity contribution in [2.24, 2.45) is 17.8 Å². The van der Waals surface area contributed by atoms with Crippen LogP contribution in [0.25, 0.3) is 11.1 Å². The van der Waals surface area contributed by atoms with Gasteiger partial charge in [0.25, 0.3) is 5.56 Å². The van der Waals surface area contributed by atoms with Crippen LogP contribution in [-0.2, 0) is 16.1 Å². The Bertz CT molecular complexity index is 1060. The van der Waals surface area contributed by atoms with Gasteiger partial charge in [-0.25, -0.2) is 0 Å². The molecule has 7 nitrogen and oxygen atoms in total. The number of ether oxygens (including phenoxy) is 2. The molecule has 2 aromatic rings. The van der Waals surface area contributed by atoms with Crippen molar-refractivity contribution in [3.05, 3.63) is 52.4 Å². The molecule has 5 rings (SSSR count). The molecule has 1 aromatic heterocycles. The monoisotopic (exact) mass is 424 g/mol. The van der Waals surface area contributed by atoms with E-state index in [1.807, 2.05) is 36.4 Å². The number of hydrogen-bond acceptors (Lipinski definition) is 6. The molecule has 1 aliphatic carbocycles. The lowest BCUT2D eigenvalue weighted by Gasteiger charge is -2.38. The van der Waals surface area contributed by atoms with E-state index in [0.717, 1.165) is 17.8 Å². The van der Waals surface area contributed by atoms with Crippen LogP contribution in [0.3, 0.4) is 0 Å². The molecule has 2 aliphatic heterocycles. The minimum absolute atomic E-state index is 0.0644. The molecule has 2 fully saturated rings. The third-order valence-corrected chi connectivity index (χ3v) is 7.19. The Morgan fingerprint density at radius 1 is 1.19 bits per heavy atom. The normalized spacial score (nSPS) is 27.1. The Hall–Kier alpha value is -2.64. The van der Waals surface area contributed by atoms with Gasteiger partial charge >= 0.3 is 5.97 Å². The number of carbonyl (C=O) groups is 1. The van der Waals surface area contributed by atoms with Crippen molar-refractivity contribution >= 4 is 5.97 Å². The fraction of sp³-hybridized carbons (Fsp3) is 0.500. The number of pyridine rings is 1. The van der Waals surface area contributed by atoms with Gasteiger partial charge in [0.05, 0.1) is 26.2 Å². The van der Waals surface area contributed by atoms with Gasteiger partial charge < -0.3 is 19.1 Å². The van der Waals surface area contributed by atoms with E-state index in [1.54, 1.807) is 11.7 Å². The fourth-order valence-electron chi connectivity index (χ4n) is 5.49. The summed E-state index contributed by atoms with van der Waals surface area (Å²) in [5.41, 5.74) is 2.16. The first-order valence-electron chi connectivity index (χ1n) is 10.9. The van der Waals surface area contributed by atoms with Gasteiger partial charge in [-0.1, -0.05) is 12.1 Å². The highest BCUT2D eigenvalue weighted by molar-refractivity contribution is 5.75. The van der Waals surface area contributed by atoms with Gasteiger partial charge in [0, 0.05) is 42.9 Å². The number of aromatic nitrogens is 1. The zero-order valence-corrected chi connectivity index (χ0v) is 17.9. The first-order valence-corrected chi connectivity index (χ1v) is 10.9. The second-order valence-corrected chi connectivity index (χ2v) is 8.87. The van der Waals surface area contributed by atoms with Crippen LogP contribution in [0.15, 0.2) is 41.2 Å². The van der Waals surface area contributed by atoms with E-state index in [2.05, 4.69) is 4.90 Å². The van der Waals surface area contributed by atoms with Crippen molar-refractivity contribution in [2.75, 3.05) is 27.4 Å². The topological polar surface area (TPSA) is 81.0 Å². The Labute approximate surface area is 181 Å². The molecule has 0 spiro atoms. The largest absolute Gasteiger partial charge is 0.497 e. The molecule has 1 saturated heterocycles. The standard InChI is InChI=1S/C24H28N2O5/c1-30-16-5-3-4-15(10-16)17-8-9-19-22-21(24(29)31-2)18(13-27)20(12-26(19)23(17)28)25(22)11-14-6-7-14/h3-5,8-10,14,18,20-22,27H,6-7,11-13H2,1-2H3/t18-,20-,21+,22+/m0/s1. The van der Waals surface area contributed by atoms with Crippen LogP contribution < -0.4 is 10.3 Å². The minimum atomic E-state index is -0.477. The summed E-state index contributed by atoms with van der Waals surface area (Å²) in [6.45, 7) is 1.26. The van der Waals surface area contributed by atoms with Gasteiger partial charge in [0.1, 0.15) is 5.75 Å². The summed E-state index contributed by atoms with van der Waals surface area (Å²) in [7, 11) is 3.00. The van der Waals surface area contributed by atoms with E-state index in [-0.39, 0.29) is 36.1 Å². The van der Waals surface area contributed by atoms with Gasteiger partial charge in [0.2, 0.25) is 0 Å². The molecular weight excluding hydrogens is 396 g/mol. The van der Waals surface area contributed by atoms with Crippen LogP contribution in [0.4, 0.5) is 0 Å². The first kappa shape index (κ1) is 20.3. The zero-order chi connectivity index (χ0) is 21.7. The Kier molecular flexibility index (Phi) is 5.10. The highest BCUT2D eigenvalue weighted by atomic mass is 16.5. The summed E-state index contributed by atoms with van der Waals surface area (Å²) in [5, 5.41) is 10.2. The van der Waals surface area contributed by atoms with Gasteiger partial charge in [0.15, 0.2) is 0 Å². The molecule has 164 valence electrons. The van der Waals surface area contributed by atoms with Gasteiger partial charge in [-0.15, -0.1) is 0 Å². The number of hydrogen-bond donors (Lipinski definition) is 1. The molecule has 3 aliphatic rings. The van der Waals surface area contributed by atoms with Crippen molar-refractivity contribution in [1.82, 2.24) is 9.47 Å². The van der Waals surface area contributed by atoms with Crippen LogP contribution in [0.1, 0.15) is 24.6 Å². The predicted octanol–water partition coefficient (Wildman–Crippen LogP) is 2.07. The smallest absolute Gasteiger partial charge is 0.311 e. The number of nitrogens with zero attached hydrogens (tertiary/aromatic N) is 2. The van der Waals surface area contributed by atoms with Crippen molar-refractivity contribution < 1.29 is 19.4 Å². The Morgan fingerprint density at radius 3 is 2.68 bits per heavy atom. The van der Waals surface area contributed by atoms with Crippen LogP contribution >= 0.6 is 0 Å². The SMILES string of the molecule is COC(=O)[C@@H]1[C@@H](CO)[C@@H]2Cn3c(ccc(-c4cccc(OC)c4)c3=O)[C@H]1N2CC1CC1. The predicted molar refractivity (Wildman–Crippen MR) is 115 cm³/mol. The van der Waals surface area contributed by atoms with Gasteiger partial charge in [-0.2, -0.15) is 0 Å². The third kappa shape index (κ3) is 3.27. The number of benzene rings is 1. The van der Waals surface area contributed by atoms with E-state index in [9.17, 15) is 14.7 Å². The molecule has 1 saturated carbocycles. The van der Waals surface area contributed by atoms with E-state index in [1.165, 1.54) is 20.0 Å². The summed E-state index contributed by atoms with van der Waals surface area (Å²) in [6, 6.07) is 11.0. The lowest BCUT2D eigenvalue weighted by atomic mass is 9.87. The quantitative estimate of drug-likeness (QED) is 0.715. The van der Waals surface area contributed by atoms with Crippen LogP contribution in [-0.4, -0.2) is 54.0 Å². The highest BCUT2D eigenvalue weighted by Gasteiger charge is 2.56. The number of rotatable bonds is 6. The maximum absolute atomic E-state index is 13.5. The lowest BCUT2D eigenvalue weighted by molar-refractivity contribution is -0.148. The summed E-state index contributed by atoms with van der Waals surface area (Å²) < 4.78 is 12.3. The average Bonchev–Trinajstić information content (AvgIpc) is 3.58. The van der Waals surface area contributed by atoms with Crippen LogP contribution in [0.2, 0.25) is 0 Å². The van der Waals surface area contributed by atoms with E-state index in [4.69, 9.17) is 9.47 Å². The Balaban J connectivity index is 1.62. The highest BCUT2D eigenvalue weighted by Crippen LogP contribution is 2.50. The second-order valence-electron chi connectivity index (χ2n) is 8.87.